The number of halogens is 5. The molecule has 1 fully saturated rings. The van der Waals surface area contributed by atoms with E-state index in [1.54, 1.807) is 6.92 Å². The number of nitrogens with one attached hydrogen (secondary N) is 1. The molecule has 0 spiro atoms. The summed E-state index contributed by atoms with van der Waals surface area (Å²) >= 11 is 6.20. The maximum absolute atomic E-state index is 13.3. The molecular formula is C23H20ClF4N5O3S. The van der Waals surface area contributed by atoms with Crippen LogP contribution in [0.4, 0.5) is 17.6 Å². The third kappa shape index (κ3) is 5.73. The van der Waals surface area contributed by atoms with Crippen molar-refractivity contribution in [3.63, 3.8) is 0 Å². The number of aromatic nitrogens is 3. The van der Waals surface area contributed by atoms with Gasteiger partial charge in [-0.2, -0.15) is 17.5 Å². The van der Waals surface area contributed by atoms with Crippen LogP contribution >= 0.6 is 11.6 Å². The number of carbonyl (C=O) groups is 1. The number of pyridine rings is 1. The first-order valence-electron chi connectivity index (χ1n) is 11.0. The molecule has 8 nitrogen and oxygen atoms in total. The molecular weight excluding hydrogens is 538 g/mol. The van der Waals surface area contributed by atoms with Gasteiger partial charge in [0.2, 0.25) is 21.8 Å². The number of hydrogen-bond acceptors (Lipinski definition) is 6. The number of nitrogens with zero attached hydrogens (tertiary/aromatic N) is 4. The Morgan fingerprint density at radius 3 is 2.38 bits per heavy atom. The molecule has 4 rings (SSSR count). The number of alkyl halides is 3. The van der Waals surface area contributed by atoms with Gasteiger partial charge in [-0.15, -0.1) is 0 Å². The van der Waals surface area contributed by atoms with Gasteiger partial charge in [-0.25, -0.2) is 22.8 Å². The molecule has 14 heteroatoms. The lowest BCUT2D eigenvalue weighted by molar-refractivity contribution is -0.145. The van der Waals surface area contributed by atoms with E-state index in [0.717, 1.165) is 41.0 Å². The smallest absolute Gasteiger partial charge is 0.351 e. The Morgan fingerprint density at radius 1 is 1.11 bits per heavy atom. The van der Waals surface area contributed by atoms with Gasteiger partial charge < -0.3 is 5.32 Å². The zero-order valence-electron chi connectivity index (χ0n) is 19.2. The van der Waals surface area contributed by atoms with Gasteiger partial charge in [-0.1, -0.05) is 11.6 Å². The average Bonchev–Trinajstić information content (AvgIpc) is 3.25. The Kier molecular flexibility index (Phi) is 7.49. The fourth-order valence-corrected chi connectivity index (χ4v) is 6.03. The van der Waals surface area contributed by atoms with Crippen LogP contribution in [0.2, 0.25) is 5.02 Å². The van der Waals surface area contributed by atoms with Gasteiger partial charge in [0.1, 0.15) is 11.9 Å². The molecule has 0 radical (unpaired) electrons. The van der Waals surface area contributed by atoms with Crippen molar-refractivity contribution < 1.29 is 30.8 Å². The van der Waals surface area contributed by atoms with E-state index in [-0.39, 0.29) is 34.1 Å². The topological polar surface area (TPSA) is 105 Å². The third-order valence-electron chi connectivity index (χ3n) is 5.88. The fraction of sp³-hybridized carbons (Fsp3) is 0.304. The van der Waals surface area contributed by atoms with Crippen molar-refractivity contribution >= 4 is 27.5 Å². The molecule has 3 aromatic rings. The molecule has 196 valence electrons. The highest BCUT2D eigenvalue weighted by Gasteiger charge is 2.43. The lowest BCUT2D eigenvalue weighted by Gasteiger charge is -2.27. The van der Waals surface area contributed by atoms with Crippen molar-refractivity contribution in [3.8, 4) is 11.3 Å². The van der Waals surface area contributed by atoms with Gasteiger partial charge in [0.05, 0.1) is 15.6 Å². The van der Waals surface area contributed by atoms with Gasteiger partial charge in [-0.05, 0) is 55.7 Å². The third-order valence-corrected chi connectivity index (χ3v) is 8.26. The predicted molar refractivity (Wildman–Crippen MR) is 125 cm³/mol. The molecule has 2 aromatic heterocycles. The van der Waals surface area contributed by atoms with Crippen LogP contribution < -0.4 is 5.32 Å². The number of carbonyl (C=O) groups excluding carboxylic acids is 1. The molecule has 37 heavy (non-hydrogen) atoms. The zero-order valence-corrected chi connectivity index (χ0v) is 20.8. The van der Waals surface area contributed by atoms with Crippen LogP contribution in [0.3, 0.4) is 0 Å². The van der Waals surface area contributed by atoms with Crippen LogP contribution in [0.25, 0.3) is 11.3 Å². The highest BCUT2D eigenvalue weighted by Crippen LogP contribution is 2.32. The van der Waals surface area contributed by atoms with Crippen LogP contribution in [0.15, 0.2) is 53.8 Å². The largest absolute Gasteiger partial charge is 0.451 e. The van der Waals surface area contributed by atoms with E-state index in [1.807, 2.05) is 0 Å². The van der Waals surface area contributed by atoms with Crippen molar-refractivity contribution in [1.82, 2.24) is 24.6 Å². The molecule has 0 saturated carbocycles. The van der Waals surface area contributed by atoms with Crippen LogP contribution in [0.1, 0.15) is 31.2 Å². The molecule has 0 unspecified atom stereocenters. The van der Waals surface area contributed by atoms with E-state index in [2.05, 4.69) is 20.3 Å². The summed E-state index contributed by atoms with van der Waals surface area (Å²) in [6, 6.07) is 4.39. The molecule has 1 aliphatic heterocycles. The van der Waals surface area contributed by atoms with Crippen molar-refractivity contribution in [2.24, 2.45) is 0 Å². The number of sulfonamides is 1. The maximum atomic E-state index is 13.3. The second-order valence-electron chi connectivity index (χ2n) is 8.40. The Morgan fingerprint density at radius 2 is 1.76 bits per heavy atom. The molecule has 1 aliphatic rings. The van der Waals surface area contributed by atoms with Crippen molar-refractivity contribution in [3.05, 3.63) is 71.2 Å². The van der Waals surface area contributed by atoms with Crippen LogP contribution in [-0.4, -0.2) is 45.7 Å². The van der Waals surface area contributed by atoms with E-state index >= 15 is 0 Å². The molecule has 2 atom stereocenters. The van der Waals surface area contributed by atoms with E-state index < -0.39 is 45.8 Å². The van der Waals surface area contributed by atoms with E-state index in [9.17, 15) is 30.8 Å². The summed E-state index contributed by atoms with van der Waals surface area (Å²) in [4.78, 5) is 23.6. The van der Waals surface area contributed by atoms with Crippen molar-refractivity contribution in [1.29, 1.82) is 0 Å². The lowest BCUT2D eigenvalue weighted by Crippen LogP contribution is -2.48. The highest BCUT2D eigenvalue weighted by molar-refractivity contribution is 7.89. The first-order chi connectivity index (χ1) is 17.4. The molecule has 0 bridgehead atoms. The zero-order chi connectivity index (χ0) is 27.0. The Labute approximate surface area is 214 Å². The van der Waals surface area contributed by atoms with Crippen LogP contribution in [0, 0.1) is 5.82 Å². The molecule has 1 N–H and O–H groups in total. The highest BCUT2D eigenvalue weighted by atomic mass is 35.5. The van der Waals surface area contributed by atoms with Gasteiger partial charge in [0, 0.05) is 36.7 Å². The first-order valence-corrected chi connectivity index (χ1v) is 12.8. The summed E-state index contributed by atoms with van der Waals surface area (Å²) in [5.41, 5.74) is 0.842. The van der Waals surface area contributed by atoms with Gasteiger partial charge in [0.25, 0.3) is 0 Å². The molecule has 1 saturated heterocycles. The Hall–Kier alpha value is -3.16. The predicted octanol–water partition coefficient (Wildman–Crippen LogP) is 4.21. The van der Waals surface area contributed by atoms with E-state index in [4.69, 9.17) is 11.6 Å². The van der Waals surface area contributed by atoms with Gasteiger partial charge in [0.15, 0.2) is 0 Å². The van der Waals surface area contributed by atoms with E-state index in [0.29, 0.717) is 12.0 Å². The monoisotopic (exact) mass is 557 g/mol. The quantitative estimate of drug-likeness (QED) is 0.455. The SMILES string of the molecule is C[C@H]1CC[C@@H](C(=O)NCc2cc(-c3cnc(C(F)(F)F)nc3)ncc2Cl)N1S(=O)(=O)c1ccc(F)cc1. The molecule has 0 aliphatic carbocycles. The summed E-state index contributed by atoms with van der Waals surface area (Å²) < 4.78 is 79.0. The molecule has 1 aromatic carbocycles. The molecule has 1 amide bonds. The maximum Gasteiger partial charge on any atom is 0.451 e. The second-order valence-corrected chi connectivity index (χ2v) is 10.7. The summed E-state index contributed by atoms with van der Waals surface area (Å²) in [5.74, 6) is -2.43. The average molecular weight is 558 g/mol. The number of benzene rings is 1. The second kappa shape index (κ2) is 10.3. The number of rotatable bonds is 6. The summed E-state index contributed by atoms with van der Waals surface area (Å²) in [5, 5.41) is 2.86. The van der Waals surface area contributed by atoms with Crippen LogP contribution in [-0.2, 0) is 27.5 Å². The van der Waals surface area contributed by atoms with Crippen LogP contribution in [0.5, 0.6) is 0 Å². The molecule has 3 heterocycles. The minimum absolute atomic E-state index is 0.0933. The Bertz CT molecular complexity index is 1400. The summed E-state index contributed by atoms with van der Waals surface area (Å²) in [7, 11) is -4.07. The van der Waals surface area contributed by atoms with Crippen molar-refractivity contribution in [2.45, 2.75) is 49.5 Å². The minimum Gasteiger partial charge on any atom is -0.351 e. The van der Waals surface area contributed by atoms with E-state index in [1.165, 1.54) is 12.3 Å². The summed E-state index contributed by atoms with van der Waals surface area (Å²) in [6.07, 6.45) is -0.715. The number of hydrogen-bond donors (Lipinski definition) is 1. The van der Waals surface area contributed by atoms with Gasteiger partial charge >= 0.3 is 6.18 Å². The lowest BCUT2D eigenvalue weighted by atomic mass is 10.1. The number of amides is 1. The van der Waals surface area contributed by atoms with Gasteiger partial charge in [-0.3, -0.25) is 9.78 Å². The fourth-order valence-electron chi connectivity index (χ4n) is 4.02. The minimum atomic E-state index is -4.68. The standard InChI is InChI=1S/C23H20ClF4N5O3S/c1-13-2-7-20(33(13)37(35,36)17-5-3-16(25)4-6-17)21(34)30-9-14-8-19(29-12-18(14)24)15-10-31-22(32-11-15)23(26,27)28/h3-6,8,10-13,20H,2,7,9H2,1H3,(H,30,34)/t13-,20-/m0/s1. The van der Waals surface area contributed by atoms with Crippen molar-refractivity contribution in [2.75, 3.05) is 0 Å². The normalized spacial score (nSPS) is 18.6. The first kappa shape index (κ1) is 26.9. The summed E-state index contributed by atoms with van der Waals surface area (Å²) in [6.45, 7) is 1.59. The Balaban J connectivity index is 1.50.